The third-order valence-electron chi connectivity index (χ3n) is 5.51. The number of nitrogens with zero attached hydrogens (tertiary/aromatic N) is 5. The third-order valence-corrected chi connectivity index (χ3v) is 6.33. The zero-order chi connectivity index (χ0) is 21.3. The van der Waals surface area contributed by atoms with Crippen LogP contribution in [0.2, 0.25) is 0 Å². The van der Waals surface area contributed by atoms with Gasteiger partial charge in [0.2, 0.25) is 0 Å². The van der Waals surface area contributed by atoms with Crippen LogP contribution < -0.4 is 5.32 Å². The van der Waals surface area contributed by atoms with Gasteiger partial charge in [0, 0.05) is 57.7 Å². The van der Waals surface area contributed by atoms with Crippen LogP contribution in [0.1, 0.15) is 35.7 Å². The van der Waals surface area contributed by atoms with Gasteiger partial charge in [-0.25, -0.2) is 4.98 Å². The zero-order valence-electron chi connectivity index (χ0n) is 18.8. The van der Waals surface area contributed by atoms with Gasteiger partial charge >= 0.3 is 0 Å². The lowest BCUT2D eigenvalue weighted by atomic mass is 10.0. The molecule has 30 heavy (non-hydrogen) atoms. The van der Waals surface area contributed by atoms with Crippen LogP contribution in [0.3, 0.4) is 0 Å². The monoisotopic (exact) mass is 428 g/mol. The lowest BCUT2D eigenvalue weighted by molar-refractivity contribution is 0.0894. The van der Waals surface area contributed by atoms with Gasteiger partial charge in [0.05, 0.1) is 17.2 Å². The number of piperazine rings is 1. The van der Waals surface area contributed by atoms with E-state index in [1.807, 2.05) is 0 Å². The highest BCUT2D eigenvalue weighted by atomic mass is 32.1. The largest absolute Gasteiger partial charge is 0.357 e. The lowest BCUT2D eigenvalue weighted by Gasteiger charge is -2.40. The average Bonchev–Trinajstić information content (AvgIpc) is 3.16. The van der Waals surface area contributed by atoms with E-state index in [0.29, 0.717) is 6.04 Å². The number of benzene rings is 1. The molecule has 1 atom stereocenters. The predicted molar refractivity (Wildman–Crippen MR) is 127 cm³/mol. The van der Waals surface area contributed by atoms with Crippen molar-refractivity contribution >= 4 is 17.3 Å². The molecule has 1 aliphatic rings. The average molecular weight is 429 g/mol. The molecule has 1 saturated heterocycles. The fraction of sp³-hybridized carbons (Fsp3) is 0.565. The van der Waals surface area contributed by atoms with E-state index in [1.165, 1.54) is 5.56 Å². The molecule has 1 unspecified atom stereocenters. The van der Waals surface area contributed by atoms with Crippen molar-refractivity contribution in [2.45, 2.75) is 32.9 Å². The molecular weight excluding hydrogens is 392 g/mol. The first-order valence-electron chi connectivity index (χ1n) is 10.9. The molecule has 0 saturated carbocycles. The number of hydrogen-bond acceptors (Lipinski definition) is 5. The summed E-state index contributed by atoms with van der Waals surface area (Å²) in [5.74, 6) is 0.959. The molecule has 1 N–H and O–H groups in total. The number of nitrogens with one attached hydrogen (secondary N) is 1. The van der Waals surface area contributed by atoms with Gasteiger partial charge in [-0.1, -0.05) is 30.3 Å². The first-order valence-corrected chi connectivity index (χ1v) is 11.8. The van der Waals surface area contributed by atoms with E-state index in [1.54, 1.807) is 11.3 Å². The van der Waals surface area contributed by atoms with Crippen molar-refractivity contribution in [3.63, 3.8) is 0 Å². The summed E-state index contributed by atoms with van der Waals surface area (Å²) < 4.78 is 0. The number of hydrogen-bond donors (Lipinski definition) is 1. The van der Waals surface area contributed by atoms with Crippen molar-refractivity contribution in [3.05, 3.63) is 52.0 Å². The number of guanidine groups is 1. The molecule has 1 aliphatic heterocycles. The van der Waals surface area contributed by atoms with Crippen molar-refractivity contribution in [3.8, 4) is 0 Å². The van der Waals surface area contributed by atoms with Crippen LogP contribution in [0.25, 0.3) is 0 Å². The Morgan fingerprint density at radius 1 is 1.30 bits per heavy atom. The van der Waals surface area contributed by atoms with Gasteiger partial charge < -0.3 is 15.1 Å². The van der Waals surface area contributed by atoms with E-state index in [0.717, 1.165) is 68.9 Å². The Bertz CT molecular complexity index is 790. The van der Waals surface area contributed by atoms with Gasteiger partial charge in [-0.05, 0) is 32.9 Å². The molecule has 0 spiro atoms. The molecule has 3 rings (SSSR count). The molecule has 0 radical (unpaired) electrons. The molecule has 7 heteroatoms. The second-order valence-electron chi connectivity index (χ2n) is 8.03. The highest BCUT2D eigenvalue weighted by molar-refractivity contribution is 7.09. The highest BCUT2D eigenvalue weighted by Crippen LogP contribution is 2.24. The Morgan fingerprint density at radius 3 is 2.80 bits per heavy atom. The molecule has 1 aromatic carbocycles. The van der Waals surface area contributed by atoms with E-state index in [2.05, 4.69) is 88.7 Å². The number of aromatic nitrogens is 1. The minimum absolute atomic E-state index is 0.470. The van der Waals surface area contributed by atoms with Gasteiger partial charge in [-0.3, -0.25) is 9.89 Å². The van der Waals surface area contributed by atoms with Crippen molar-refractivity contribution in [2.24, 2.45) is 4.99 Å². The highest BCUT2D eigenvalue weighted by Gasteiger charge is 2.25. The van der Waals surface area contributed by atoms with E-state index in [9.17, 15) is 0 Å². The maximum absolute atomic E-state index is 4.88. The fourth-order valence-corrected chi connectivity index (χ4v) is 4.55. The summed E-state index contributed by atoms with van der Waals surface area (Å²) in [4.78, 5) is 16.7. The molecule has 1 fully saturated rings. The van der Waals surface area contributed by atoms with Crippen LogP contribution in [0, 0.1) is 6.92 Å². The number of rotatable bonds is 8. The van der Waals surface area contributed by atoms with E-state index >= 15 is 0 Å². The van der Waals surface area contributed by atoms with Crippen LogP contribution >= 0.6 is 11.3 Å². The summed E-state index contributed by atoms with van der Waals surface area (Å²) in [6.45, 7) is 11.1. The number of likely N-dealkylation sites (N-methyl/N-ethyl adjacent to an activating group) is 1. The van der Waals surface area contributed by atoms with Crippen molar-refractivity contribution in [1.82, 2.24) is 25.0 Å². The quantitative estimate of drug-likeness (QED) is 0.397. The first kappa shape index (κ1) is 22.7. The summed E-state index contributed by atoms with van der Waals surface area (Å²) in [5, 5.41) is 6.66. The third kappa shape index (κ3) is 6.52. The predicted octanol–water partition coefficient (Wildman–Crippen LogP) is 3.23. The minimum Gasteiger partial charge on any atom is -0.357 e. The molecule has 0 amide bonds. The Hall–Kier alpha value is -1.96. The summed E-state index contributed by atoms with van der Waals surface area (Å²) >= 11 is 1.70. The van der Waals surface area contributed by atoms with Crippen LogP contribution in [0.4, 0.5) is 0 Å². The lowest BCUT2D eigenvalue weighted by Crippen LogP contribution is -2.47. The van der Waals surface area contributed by atoms with Crippen LogP contribution in [0.5, 0.6) is 0 Å². The zero-order valence-corrected chi connectivity index (χ0v) is 19.7. The number of aliphatic imine (C=N–C) groups is 1. The van der Waals surface area contributed by atoms with Crippen molar-refractivity contribution in [2.75, 3.05) is 53.4 Å². The second-order valence-corrected chi connectivity index (χ2v) is 9.09. The van der Waals surface area contributed by atoms with Crippen LogP contribution in [-0.4, -0.2) is 79.0 Å². The first-order chi connectivity index (χ1) is 14.6. The topological polar surface area (TPSA) is 47.0 Å². The van der Waals surface area contributed by atoms with Gasteiger partial charge in [0.25, 0.3) is 0 Å². The smallest absolute Gasteiger partial charge is 0.194 e. The van der Waals surface area contributed by atoms with E-state index < -0.39 is 0 Å². The van der Waals surface area contributed by atoms with Gasteiger partial charge in [0.1, 0.15) is 0 Å². The summed E-state index contributed by atoms with van der Waals surface area (Å²) in [6.07, 6.45) is 1.06. The SMILES string of the molecule is CCNC(=NCCCN1CCN(C)CC1c1ccccc1)N(C)Cc1csc(C)n1. The second kappa shape index (κ2) is 11.4. The summed E-state index contributed by atoms with van der Waals surface area (Å²) in [7, 11) is 4.31. The molecular formula is C23H36N6S. The summed E-state index contributed by atoms with van der Waals surface area (Å²) in [6, 6.07) is 11.4. The normalized spacial score (nSPS) is 18.5. The van der Waals surface area contributed by atoms with Crippen LogP contribution in [0.15, 0.2) is 40.7 Å². The molecule has 0 aliphatic carbocycles. The van der Waals surface area contributed by atoms with E-state index in [4.69, 9.17) is 4.99 Å². The Morgan fingerprint density at radius 2 is 2.10 bits per heavy atom. The van der Waals surface area contributed by atoms with Crippen LogP contribution in [-0.2, 0) is 6.54 Å². The fourth-order valence-electron chi connectivity index (χ4n) is 3.94. The van der Waals surface area contributed by atoms with Gasteiger partial charge in [-0.2, -0.15) is 0 Å². The van der Waals surface area contributed by atoms with Gasteiger partial charge in [0.15, 0.2) is 5.96 Å². The molecule has 2 heterocycles. The molecule has 6 nitrogen and oxygen atoms in total. The molecule has 0 bridgehead atoms. The molecule has 164 valence electrons. The number of thiazole rings is 1. The maximum atomic E-state index is 4.88. The minimum atomic E-state index is 0.470. The van der Waals surface area contributed by atoms with Gasteiger partial charge in [-0.15, -0.1) is 11.3 Å². The van der Waals surface area contributed by atoms with Crippen molar-refractivity contribution < 1.29 is 0 Å². The molecule has 2 aromatic rings. The summed E-state index contributed by atoms with van der Waals surface area (Å²) in [5.41, 5.74) is 2.52. The van der Waals surface area contributed by atoms with E-state index in [-0.39, 0.29) is 0 Å². The number of aryl methyl sites for hydroxylation is 1. The molecule has 1 aromatic heterocycles. The Kier molecular flexibility index (Phi) is 8.66. The Balaban J connectivity index is 1.55. The standard InChI is InChI=1S/C23H36N6S/c1-5-24-23(28(4)16-21-18-30-19(2)26-21)25-12-9-13-29-15-14-27(3)17-22(29)20-10-7-6-8-11-20/h6-8,10-11,18,22H,5,9,12-17H2,1-4H3,(H,24,25). The maximum Gasteiger partial charge on any atom is 0.194 e. The van der Waals surface area contributed by atoms with Crippen molar-refractivity contribution in [1.29, 1.82) is 0 Å². The Labute approximate surface area is 185 Å².